The van der Waals surface area contributed by atoms with Gasteiger partial charge >= 0.3 is 0 Å². The van der Waals surface area contributed by atoms with Crippen molar-refractivity contribution in [1.82, 2.24) is 15.1 Å². The van der Waals surface area contributed by atoms with Crippen LogP contribution in [0.1, 0.15) is 30.5 Å². The van der Waals surface area contributed by atoms with Gasteiger partial charge in [0.2, 0.25) is 5.91 Å². The molecule has 0 radical (unpaired) electrons. The Morgan fingerprint density at radius 2 is 2.08 bits per heavy atom. The highest BCUT2D eigenvalue weighted by Crippen LogP contribution is 2.20. The van der Waals surface area contributed by atoms with Crippen LogP contribution >= 0.6 is 0 Å². The topological polar surface area (TPSA) is 76.4 Å². The second-order valence-corrected chi connectivity index (χ2v) is 5.94. The van der Waals surface area contributed by atoms with Gasteiger partial charge in [0.15, 0.2) is 0 Å². The zero-order valence-electron chi connectivity index (χ0n) is 14.2. The standard InChI is InChI=1S/C18H25N3O3/c1-14(22)10-16(15-6-4-3-5-7-15)11-19-18(23)13-24-12-17-8-9-20-21(17)2/h3-9,14,16,22H,10-13H2,1-2H3,(H,19,23)/t14-,16+/m0/s1. The van der Waals surface area contributed by atoms with Crippen molar-refractivity contribution in [2.75, 3.05) is 13.2 Å². The maximum absolute atomic E-state index is 12.0. The quantitative estimate of drug-likeness (QED) is 0.732. The van der Waals surface area contributed by atoms with E-state index in [0.717, 1.165) is 11.3 Å². The number of ether oxygens (including phenoxy) is 1. The maximum Gasteiger partial charge on any atom is 0.246 e. The fourth-order valence-corrected chi connectivity index (χ4v) is 2.55. The number of aliphatic hydroxyl groups excluding tert-OH is 1. The summed E-state index contributed by atoms with van der Waals surface area (Å²) < 4.78 is 7.13. The van der Waals surface area contributed by atoms with Crippen molar-refractivity contribution in [1.29, 1.82) is 0 Å². The highest BCUT2D eigenvalue weighted by molar-refractivity contribution is 5.77. The molecule has 1 aromatic heterocycles. The van der Waals surface area contributed by atoms with Crippen LogP contribution in [-0.4, -0.2) is 40.0 Å². The molecule has 1 aromatic carbocycles. The van der Waals surface area contributed by atoms with E-state index >= 15 is 0 Å². The minimum Gasteiger partial charge on any atom is -0.393 e. The summed E-state index contributed by atoms with van der Waals surface area (Å²) >= 11 is 0. The van der Waals surface area contributed by atoms with E-state index < -0.39 is 6.10 Å². The van der Waals surface area contributed by atoms with Gasteiger partial charge in [0.1, 0.15) is 6.61 Å². The van der Waals surface area contributed by atoms with Crippen molar-refractivity contribution in [3.63, 3.8) is 0 Å². The molecular formula is C18H25N3O3. The molecule has 0 aliphatic heterocycles. The van der Waals surface area contributed by atoms with Crippen LogP contribution in [0.4, 0.5) is 0 Å². The number of carbonyl (C=O) groups is 1. The molecule has 6 heteroatoms. The Hall–Kier alpha value is -2.18. The largest absolute Gasteiger partial charge is 0.393 e. The van der Waals surface area contributed by atoms with Crippen LogP contribution in [0.2, 0.25) is 0 Å². The third-order valence-electron chi connectivity index (χ3n) is 3.85. The third kappa shape index (κ3) is 5.79. The normalized spacial score (nSPS) is 13.5. The number of aromatic nitrogens is 2. The van der Waals surface area contributed by atoms with E-state index in [1.54, 1.807) is 17.8 Å². The van der Waals surface area contributed by atoms with Crippen LogP contribution in [0.3, 0.4) is 0 Å². The molecule has 0 spiro atoms. The first kappa shape index (κ1) is 18.2. The lowest BCUT2D eigenvalue weighted by atomic mass is 9.93. The molecule has 6 nitrogen and oxygen atoms in total. The van der Waals surface area contributed by atoms with Gasteiger partial charge in [-0.2, -0.15) is 5.10 Å². The van der Waals surface area contributed by atoms with Crippen LogP contribution < -0.4 is 5.32 Å². The molecule has 0 saturated carbocycles. The molecule has 0 fully saturated rings. The fourth-order valence-electron chi connectivity index (χ4n) is 2.55. The minimum absolute atomic E-state index is 0.00136. The molecule has 2 N–H and O–H groups in total. The molecule has 2 atom stereocenters. The van der Waals surface area contributed by atoms with Crippen LogP contribution in [-0.2, 0) is 23.2 Å². The Morgan fingerprint density at radius 3 is 2.71 bits per heavy atom. The lowest BCUT2D eigenvalue weighted by molar-refractivity contribution is -0.126. The van der Waals surface area contributed by atoms with Crippen molar-refractivity contribution >= 4 is 5.91 Å². The summed E-state index contributed by atoms with van der Waals surface area (Å²) in [5.74, 6) is -0.0871. The molecule has 1 amide bonds. The Kier molecular flexibility index (Phi) is 6.96. The Bertz CT molecular complexity index is 625. The third-order valence-corrected chi connectivity index (χ3v) is 3.85. The van der Waals surface area contributed by atoms with Crippen molar-refractivity contribution in [3.05, 3.63) is 53.9 Å². The molecule has 0 aliphatic carbocycles. The Labute approximate surface area is 142 Å². The van der Waals surface area contributed by atoms with E-state index in [2.05, 4.69) is 10.4 Å². The van der Waals surface area contributed by atoms with E-state index in [9.17, 15) is 9.90 Å². The molecular weight excluding hydrogens is 306 g/mol. The molecule has 0 bridgehead atoms. The summed E-state index contributed by atoms with van der Waals surface area (Å²) in [6.45, 7) is 2.58. The lowest BCUT2D eigenvalue weighted by Crippen LogP contribution is -2.32. The van der Waals surface area contributed by atoms with E-state index in [1.165, 1.54) is 0 Å². The summed E-state index contributed by atoms with van der Waals surface area (Å²) in [5, 5.41) is 16.6. The molecule has 130 valence electrons. The molecule has 1 heterocycles. The second-order valence-electron chi connectivity index (χ2n) is 5.94. The second kappa shape index (κ2) is 9.20. The van der Waals surface area contributed by atoms with Crippen LogP contribution in [0.5, 0.6) is 0 Å². The molecule has 2 rings (SSSR count). The fraction of sp³-hybridized carbons (Fsp3) is 0.444. The Balaban J connectivity index is 1.78. The highest BCUT2D eigenvalue weighted by atomic mass is 16.5. The number of carbonyl (C=O) groups excluding carboxylic acids is 1. The molecule has 0 saturated heterocycles. The maximum atomic E-state index is 12.0. The predicted octanol–water partition coefficient (Wildman–Crippen LogP) is 1.61. The van der Waals surface area contributed by atoms with Crippen LogP contribution in [0.15, 0.2) is 42.6 Å². The van der Waals surface area contributed by atoms with Gasteiger partial charge in [0, 0.05) is 25.7 Å². The average molecular weight is 331 g/mol. The number of nitrogens with one attached hydrogen (secondary N) is 1. The van der Waals surface area contributed by atoms with Gasteiger partial charge in [-0.3, -0.25) is 9.48 Å². The van der Waals surface area contributed by atoms with E-state index in [1.807, 2.05) is 43.4 Å². The summed E-state index contributed by atoms with van der Waals surface area (Å²) in [6.07, 6.45) is 1.87. The SMILES string of the molecule is C[C@H](O)C[C@H](CNC(=O)COCc1ccnn1C)c1ccccc1. The number of amides is 1. The van der Waals surface area contributed by atoms with Gasteiger partial charge in [-0.05, 0) is 25.0 Å². The summed E-state index contributed by atoms with van der Waals surface area (Å²) in [5.41, 5.74) is 2.02. The number of hydrogen-bond donors (Lipinski definition) is 2. The summed E-state index contributed by atoms with van der Waals surface area (Å²) in [4.78, 5) is 12.0. The molecule has 0 aliphatic rings. The van der Waals surface area contributed by atoms with Gasteiger partial charge in [-0.25, -0.2) is 0 Å². The lowest BCUT2D eigenvalue weighted by Gasteiger charge is -2.19. The van der Waals surface area contributed by atoms with E-state index in [4.69, 9.17) is 4.74 Å². The molecule has 2 aromatic rings. The number of rotatable bonds is 9. The van der Waals surface area contributed by atoms with E-state index in [0.29, 0.717) is 19.6 Å². The first-order valence-corrected chi connectivity index (χ1v) is 8.10. The van der Waals surface area contributed by atoms with Crippen molar-refractivity contribution in [2.45, 2.75) is 32.0 Å². The first-order valence-electron chi connectivity index (χ1n) is 8.10. The number of aryl methyl sites for hydroxylation is 1. The van der Waals surface area contributed by atoms with Crippen LogP contribution in [0.25, 0.3) is 0 Å². The molecule has 0 unspecified atom stereocenters. The smallest absolute Gasteiger partial charge is 0.246 e. The summed E-state index contributed by atoms with van der Waals surface area (Å²) in [7, 11) is 1.83. The number of benzene rings is 1. The van der Waals surface area contributed by atoms with Gasteiger partial charge in [-0.1, -0.05) is 30.3 Å². The number of hydrogen-bond acceptors (Lipinski definition) is 4. The number of aliphatic hydroxyl groups is 1. The van der Waals surface area contributed by atoms with Gasteiger partial charge in [0.25, 0.3) is 0 Å². The summed E-state index contributed by atoms with van der Waals surface area (Å²) in [6, 6.07) is 11.8. The molecule has 24 heavy (non-hydrogen) atoms. The van der Waals surface area contributed by atoms with Crippen molar-refractivity contribution < 1.29 is 14.6 Å². The van der Waals surface area contributed by atoms with Crippen molar-refractivity contribution in [2.24, 2.45) is 7.05 Å². The zero-order valence-corrected chi connectivity index (χ0v) is 14.2. The predicted molar refractivity (Wildman–Crippen MR) is 91.4 cm³/mol. The number of nitrogens with zero attached hydrogens (tertiary/aromatic N) is 2. The van der Waals surface area contributed by atoms with Gasteiger partial charge in [-0.15, -0.1) is 0 Å². The van der Waals surface area contributed by atoms with Gasteiger partial charge in [0.05, 0.1) is 18.4 Å². The monoisotopic (exact) mass is 331 g/mol. The van der Waals surface area contributed by atoms with Crippen LogP contribution in [0, 0.1) is 0 Å². The first-order chi connectivity index (χ1) is 11.6. The zero-order chi connectivity index (χ0) is 17.4. The average Bonchev–Trinajstić information content (AvgIpc) is 2.97. The minimum atomic E-state index is -0.423. The Morgan fingerprint density at radius 1 is 1.33 bits per heavy atom. The van der Waals surface area contributed by atoms with E-state index in [-0.39, 0.29) is 18.4 Å². The van der Waals surface area contributed by atoms with Gasteiger partial charge < -0.3 is 15.2 Å². The highest BCUT2D eigenvalue weighted by Gasteiger charge is 2.15. The van der Waals surface area contributed by atoms with Crippen molar-refractivity contribution in [3.8, 4) is 0 Å².